The molecule has 0 spiro atoms. The molecule has 0 bridgehead atoms. The Bertz CT molecular complexity index is 1170. The van der Waals surface area contributed by atoms with Crippen molar-refractivity contribution in [1.29, 1.82) is 0 Å². The largest absolute Gasteiger partial charge is 0.493 e. The number of nitrogens with one attached hydrogen (secondary N) is 1. The third-order valence-corrected chi connectivity index (χ3v) is 5.24. The summed E-state index contributed by atoms with van der Waals surface area (Å²) in [6, 6.07) is 16.2. The molecule has 0 heterocycles. The number of hydrogen-bond acceptors (Lipinski definition) is 5. The van der Waals surface area contributed by atoms with E-state index >= 15 is 0 Å². The molecule has 3 aromatic carbocycles. The first-order valence-corrected chi connectivity index (χ1v) is 10.4. The Balaban J connectivity index is 1.69. The van der Waals surface area contributed by atoms with Gasteiger partial charge in [0.05, 0.1) is 28.9 Å². The van der Waals surface area contributed by atoms with Gasteiger partial charge >= 0.3 is 5.97 Å². The zero-order chi connectivity index (χ0) is 22.4. The van der Waals surface area contributed by atoms with Crippen LogP contribution in [0.15, 0.2) is 70.2 Å². The predicted molar refractivity (Wildman–Crippen MR) is 124 cm³/mol. The number of esters is 1. The van der Waals surface area contributed by atoms with E-state index in [9.17, 15) is 9.59 Å². The van der Waals surface area contributed by atoms with Gasteiger partial charge in [0.15, 0.2) is 11.5 Å². The zero-order valence-corrected chi connectivity index (χ0v) is 19.2. The number of carbonyl (C=O) groups is 2. The van der Waals surface area contributed by atoms with E-state index in [1.54, 1.807) is 36.4 Å². The van der Waals surface area contributed by atoms with Crippen molar-refractivity contribution < 1.29 is 19.1 Å². The Hall–Kier alpha value is -2.87. The summed E-state index contributed by atoms with van der Waals surface area (Å²) in [5.74, 6) is -0.430. The molecule has 1 amide bonds. The molecule has 3 aromatic rings. The van der Waals surface area contributed by atoms with Crippen molar-refractivity contribution >= 4 is 57.2 Å². The quantitative estimate of drug-likeness (QED) is 0.194. The average Bonchev–Trinajstić information content (AvgIpc) is 2.76. The first-order valence-electron chi connectivity index (χ1n) is 8.81. The molecule has 0 aliphatic carbocycles. The molecule has 0 radical (unpaired) electrons. The number of benzene rings is 3. The molecule has 31 heavy (non-hydrogen) atoms. The number of rotatable bonds is 6. The molecule has 0 aliphatic rings. The monoisotopic (exact) mass is 520 g/mol. The number of nitrogens with zero attached hydrogens (tertiary/aromatic N) is 1. The minimum absolute atomic E-state index is 0.217. The van der Waals surface area contributed by atoms with E-state index in [0.29, 0.717) is 21.9 Å². The zero-order valence-electron chi connectivity index (χ0n) is 16.1. The van der Waals surface area contributed by atoms with Crippen LogP contribution in [-0.2, 0) is 0 Å². The smallest absolute Gasteiger partial charge is 0.343 e. The molecule has 1 N–H and O–H groups in total. The highest BCUT2D eigenvalue weighted by molar-refractivity contribution is 9.10. The van der Waals surface area contributed by atoms with Crippen molar-refractivity contribution in [3.05, 3.63) is 91.9 Å². The van der Waals surface area contributed by atoms with Crippen molar-refractivity contribution in [2.45, 2.75) is 0 Å². The van der Waals surface area contributed by atoms with Crippen LogP contribution < -0.4 is 14.9 Å². The molecule has 3 rings (SSSR count). The minimum atomic E-state index is -0.612. The fourth-order valence-corrected chi connectivity index (χ4v) is 3.19. The third kappa shape index (κ3) is 6.07. The topological polar surface area (TPSA) is 77.0 Å². The number of hydrogen-bond donors (Lipinski definition) is 1. The second-order valence-electron chi connectivity index (χ2n) is 6.14. The molecule has 158 valence electrons. The Morgan fingerprint density at radius 1 is 0.968 bits per heavy atom. The number of hydrazone groups is 1. The van der Waals surface area contributed by atoms with E-state index in [0.717, 1.165) is 4.47 Å². The van der Waals surface area contributed by atoms with Crippen LogP contribution in [0.5, 0.6) is 11.5 Å². The molecule has 0 unspecified atom stereocenters. The van der Waals surface area contributed by atoms with Crippen molar-refractivity contribution in [2.75, 3.05) is 7.11 Å². The van der Waals surface area contributed by atoms with Gasteiger partial charge in [-0.1, -0.05) is 45.2 Å². The summed E-state index contributed by atoms with van der Waals surface area (Å²) >= 11 is 15.1. The molecule has 0 aromatic heterocycles. The first-order chi connectivity index (χ1) is 14.9. The number of ether oxygens (including phenoxy) is 2. The molecular formula is C22H15BrCl2N2O4. The van der Waals surface area contributed by atoms with Gasteiger partial charge in [-0.25, -0.2) is 10.2 Å². The molecule has 0 fully saturated rings. The Morgan fingerprint density at radius 3 is 2.48 bits per heavy atom. The van der Waals surface area contributed by atoms with Crippen LogP contribution in [0.2, 0.25) is 10.0 Å². The summed E-state index contributed by atoms with van der Waals surface area (Å²) in [4.78, 5) is 24.5. The fourth-order valence-electron chi connectivity index (χ4n) is 2.49. The fraction of sp³-hybridized carbons (Fsp3) is 0.0455. The van der Waals surface area contributed by atoms with E-state index < -0.39 is 5.97 Å². The van der Waals surface area contributed by atoms with Crippen LogP contribution in [0.1, 0.15) is 26.3 Å². The summed E-state index contributed by atoms with van der Waals surface area (Å²) in [7, 11) is 1.45. The molecule has 6 nitrogen and oxygen atoms in total. The standard InChI is InChI=1S/C22H15BrCl2N2O4/c1-30-20-9-13(12-26-27-21(28)14-3-2-4-16(23)10-14)5-8-19(20)31-22(29)15-6-7-17(24)18(25)11-15/h2-12H,1H3,(H,27,28)/b26-12-. The number of carbonyl (C=O) groups excluding carboxylic acids is 2. The third-order valence-electron chi connectivity index (χ3n) is 4.01. The van der Waals surface area contributed by atoms with Crippen LogP contribution in [0.4, 0.5) is 0 Å². The van der Waals surface area contributed by atoms with E-state index in [1.165, 1.54) is 31.5 Å². The maximum atomic E-state index is 12.4. The van der Waals surface area contributed by atoms with Crippen LogP contribution in [0.3, 0.4) is 0 Å². The van der Waals surface area contributed by atoms with Crippen LogP contribution >= 0.6 is 39.1 Å². The average molecular weight is 522 g/mol. The van der Waals surface area contributed by atoms with Gasteiger partial charge in [0, 0.05) is 10.0 Å². The van der Waals surface area contributed by atoms with E-state index in [4.69, 9.17) is 32.7 Å². The van der Waals surface area contributed by atoms with Gasteiger partial charge in [-0.3, -0.25) is 4.79 Å². The van der Waals surface area contributed by atoms with E-state index in [2.05, 4.69) is 26.5 Å². The summed E-state index contributed by atoms with van der Waals surface area (Å²) in [6.45, 7) is 0. The van der Waals surface area contributed by atoms with Gasteiger partial charge < -0.3 is 9.47 Å². The molecule has 0 saturated carbocycles. The lowest BCUT2D eigenvalue weighted by Gasteiger charge is -2.10. The maximum absolute atomic E-state index is 12.4. The highest BCUT2D eigenvalue weighted by Crippen LogP contribution is 2.29. The SMILES string of the molecule is COc1cc(/C=N\NC(=O)c2cccc(Br)c2)ccc1OC(=O)c1ccc(Cl)c(Cl)c1. The number of methoxy groups -OCH3 is 1. The van der Waals surface area contributed by atoms with Gasteiger partial charge in [0.25, 0.3) is 5.91 Å². The van der Waals surface area contributed by atoms with E-state index in [1.807, 2.05) is 6.07 Å². The van der Waals surface area contributed by atoms with Gasteiger partial charge in [0.2, 0.25) is 0 Å². The lowest BCUT2D eigenvalue weighted by molar-refractivity contribution is 0.0729. The summed E-state index contributed by atoms with van der Waals surface area (Å²) in [6.07, 6.45) is 1.45. The highest BCUT2D eigenvalue weighted by atomic mass is 79.9. The van der Waals surface area contributed by atoms with Crippen molar-refractivity contribution in [3.63, 3.8) is 0 Å². The normalized spacial score (nSPS) is 10.7. The van der Waals surface area contributed by atoms with Crippen molar-refractivity contribution in [2.24, 2.45) is 5.10 Å². The highest BCUT2D eigenvalue weighted by Gasteiger charge is 2.14. The number of amides is 1. The Kier molecular flexibility index (Phi) is 7.68. The Labute approximate surface area is 196 Å². The summed E-state index contributed by atoms with van der Waals surface area (Å²) < 4.78 is 11.5. The molecule has 9 heteroatoms. The van der Waals surface area contributed by atoms with Crippen molar-refractivity contribution in [3.8, 4) is 11.5 Å². The Morgan fingerprint density at radius 2 is 1.77 bits per heavy atom. The first kappa shape index (κ1) is 22.8. The van der Waals surface area contributed by atoms with Crippen LogP contribution in [0.25, 0.3) is 0 Å². The molecule has 0 aliphatic heterocycles. The molecule has 0 saturated heterocycles. The molecule has 0 atom stereocenters. The van der Waals surface area contributed by atoms with Gasteiger partial charge in [0.1, 0.15) is 0 Å². The minimum Gasteiger partial charge on any atom is -0.493 e. The summed E-state index contributed by atoms with van der Waals surface area (Å²) in [5.41, 5.74) is 3.79. The van der Waals surface area contributed by atoms with Crippen LogP contribution in [0, 0.1) is 0 Å². The summed E-state index contributed by atoms with van der Waals surface area (Å²) in [5, 5.41) is 4.54. The van der Waals surface area contributed by atoms with Crippen LogP contribution in [-0.4, -0.2) is 25.2 Å². The predicted octanol–water partition coefficient (Wildman–Crippen LogP) is 5.75. The maximum Gasteiger partial charge on any atom is 0.343 e. The van der Waals surface area contributed by atoms with Gasteiger partial charge in [-0.2, -0.15) is 5.10 Å². The lowest BCUT2D eigenvalue weighted by Crippen LogP contribution is -2.17. The second kappa shape index (κ2) is 10.4. The number of halogens is 3. The molecular weight excluding hydrogens is 507 g/mol. The van der Waals surface area contributed by atoms with Gasteiger partial charge in [-0.05, 0) is 60.2 Å². The van der Waals surface area contributed by atoms with E-state index in [-0.39, 0.29) is 22.2 Å². The lowest BCUT2D eigenvalue weighted by atomic mass is 10.2. The second-order valence-corrected chi connectivity index (χ2v) is 7.87. The van der Waals surface area contributed by atoms with Crippen molar-refractivity contribution in [1.82, 2.24) is 5.43 Å². The van der Waals surface area contributed by atoms with Gasteiger partial charge in [-0.15, -0.1) is 0 Å².